The zero-order chi connectivity index (χ0) is 37.9. The van der Waals surface area contributed by atoms with E-state index in [0.29, 0.717) is 36.5 Å². The van der Waals surface area contributed by atoms with E-state index in [1.165, 1.54) is 16.7 Å². The molecule has 1 atom stereocenters. The van der Waals surface area contributed by atoms with Gasteiger partial charge in [-0.1, -0.05) is 66.7 Å². The maximum Gasteiger partial charge on any atom is 0.335 e. The lowest BCUT2D eigenvalue weighted by atomic mass is 9.98. The van der Waals surface area contributed by atoms with Crippen LogP contribution in [0.5, 0.6) is 5.75 Å². The summed E-state index contributed by atoms with van der Waals surface area (Å²) in [5.41, 5.74) is 4.90. The van der Waals surface area contributed by atoms with Gasteiger partial charge in [-0.15, -0.1) is 11.8 Å². The lowest BCUT2D eigenvalue weighted by Gasteiger charge is -2.34. The van der Waals surface area contributed by atoms with Crippen molar-refractivity contribution in [1.29, 1.82) is 0 Å². The highest BCUT2D eigenvalue weighted by Gasteiger charge is 2.26. The number of hydrogen-bond acceptors (Lipinski definition) is 9. The standard InChI is InChI=1S/C30H32N2O3S.2C4H4O4/c33-30(34)24-12-13-28-27(21-24)29(26-11-5-4-10-25(26)22-35-28)36-20-19-32-17-15-31(16-18-32)14-6-9-23-7-2-1-3-8-23;2*5-3(6)1-2-4(7)8/h1-13,21,29H,14-20,22H2,(H,33,34);2*1-2H,(H,5,6)(H,7,8)/b;2*2-1+. The third-order valence-electron chi connectivity index (χ3n) is 7.63. The Morgan fingerprint density at radius 2 is 1.25 bits per heavy atom. The molecule has 0 radical (unpaired) electrons. The van der Waals surface area contributed by atoms with Gasteiger partial charge in [0.25, 0.3) is 0 Å². The maximum absolute atomic E-state index is 11.6. The first-order chi connectivity index (χ1) is 24.9. The van der Waals surface area contributed by atoms with Gasteiger partial charge in [-0.05, 0) is 34.9 Å². The van der Waals surface area contributed by atoms with Gasteiger partial charge < -0.3 is 30.3 Å². The van der Waals surface area contributed by atoms with Gasteiger partial charge >= 0.3 is 29.8 Å². The van der Waals surface area contributed by atoms with Gasteiger partial charge in [-0.3, -0.25) is 9.80 Å². The predicted molar refractivity (Wildman–Crippen MR) is 196 cm³/mol. The fourth-order valence-corrected chi connectivity index (χ4v) is 6.50. The molecule has 1 unspecified atom stereocenters. The summed E-state index contributed by atoms with van der Waals surface area (Å²) in [7, 11) is 0. The van der Waals surface area contributed by atoms with Crippen LogP contribution < -0.4 is 4.74 Å². The normalized spacial score (nSPS) is 15.6. The first kappa shape index (κ1) is 40.7. The first-order valence-corrected chi connectivity index (χ1v) is 17.1. The first-order valence-electron chi connectivity index (χ1n) is 16.1. The predicted octanol–water partition coefficient (Wildman–Crippen LogP) is 4.85. The molecule has 1 fully saturated rings. The van der Waals surface area contributed by atoms with Crippen LogP contribution in [0.25, 0.3) is 6.08 Å². The van der Waals surface area contributed by atoms with E-state index in [4.69, 9.17) is 25.2 Å². The quantitative estimate of drug-likeness (QED) is 0.158. The molecule has 0 bridgehead atoms. The summed E-state index contributed by atoms with van der Waals surface area (Å²) in [6.07, 6.45) is 6.69. The van der Waals surface area contributed by atoms with E-state index < -0.39 is 29.8 Å². The molecule has 5 rings (SSSR count). The van der Waals surface area contributed by atoms with E-state index in [2.05, 4.69) is 64.4 Å². The van der Waals surface area contributed by atoms with Crippen LogP contribution in [0, 0.1) is 0 Å². The molecule has 2 heterocycles. The number of rotatable bonds is 12. The highest BCUT2D eigenvalue weighted by Crippen LogP contribution is 2.44. The Kier molecular flexibility index (Phi) is 16.8. The molecule has 14 heteroatoms. The van der Waals surface area contributed by atoms with Gasteiger partial charge in [0.15, 0.2) is 0 Å². The van der Waals surface area contributed by atoms with Crippen LogP contribution in [0.2, 0.25) is 0 Å². The molecule has 274 valence electrons. The van der Waals surface area contributed by atoms with Crippen LogP contribution >= 0.6 is 11.8 Å². The highest BCUT2D eigenvalue weighted by molar-refractivity contribution is 7.99. The third kappa shape index (κ3) is 14.6. The molecule has 13 nitrogen and oxygen atoms in total. The van der Waals surface area contributed by atoms with Crippen LogP contribution in [0.1, 0.15) is 37.9 Å². The van der Waals surface area contributed by atoms with Crippen molar-refractivity contribution in [1.82, 2.24) is 9.80 Å². The minimum Gasteiger partial charge on any atom is -0.489 e. The molecule has 0 aromatic heterocycles. The molecule has 1 saturated heterocycles. The third-order valence-corrected chi connectivity index (χ3v) is 8.89. The van der Waals surface area contributed by atoms with E-state index in [-0.39, 0.29) is 5.25 Å². The van der Waals surface area contributed by atoms with E-state index in [0.717, 1.165) is 56.3 Å². The molecule has 5 N–H and O–H groups in total. The smallest absolute Gasteiger partial charge is 0.335 e. The van der Waals surface area contributed by atoms with Crippen molar-refractivity contribution in [2.45, 2.75) is 11.9 Å². The Labute approximate surface area is 304 Å². The lowest BCUT2D eigenvalue weighted by Crippen LogP contribution is -2.46. The number of hydrogen-bond donors (Lipinski definition) is 5. The zero-order valence-electron chi connectivity index (χ0n) is 28.1. The average Bonchev–Trinajstić information content (AvgIpc) is 3.28. The number of thioether (sulfide) groups is 1. The van der Waals surface area contributed by atoms with Crippen LogP contribution in [-0.2, 0) is 25.8 Å². The summed E-state index contributed by atoms with van der Waals surface area (Å²) in [6, 6.07) is 24.0. The second-order valence-corrected chi connectivity index (χ2v) is 12.5. The van der Waals surface area contributed by atoms with Crippen molar-refractivity contribution in [3.8, 4) is 5.75 Å². The Morgan fingerprint density at radius 3 is 1.83 bits per heavy atom. The van der Waals surface area contributed by atoms with Gasteiger partial charge in [0.1, 0.15) is 12.4 Å². The minimum absolute atomic E-state index is 0.0578. The van der Waals surface area contributed by atoms with Crippen molar-refractivity contribution in [3.05, 3.63) is 131 Å². The summed E-state index contributed by atoms with van der Waals surface area (Å²) in [5, 5.41) is 40.9. The Balaban J connectivity index is 0.000000380. The molecular weight excluding hydrogens is 692 g/mol. The number of ether oxygens (including phenoxy) is 1. The molecule has 2 aliphatic rings. The molecule has 3 aromatic rings. The molecule has 52 heavy (non-hydrogen) atoms. The highest BCUT2D eigenvalue weighted by atomic mass is 32.2. The van der Waals surface area contributed by atoms with Gasteiger partial charge in [0.2, 0.25) is 0 Å². The summed E-state index contributed by atoms with van der Waals surface area (Å²) in [4.78, 5) is 54.9. The Morgan fingerprint density at radius 1 is 0.692 bits per heavy atom. The number of benzene rings is 3. The zero-order valence-corrected chi connectivity index (χ0v) is 28.9. The Hall–Kier alpha value is -5.70. The van der Waals surface area contributed by atoms with Crippen molar-refractivity contribution >= 4 is 47.7 Å². The minimum atomic E-state index is -1.26. The molecule has 3 aromatic carbocycles. The second-order valence-electron chi connectivity index (χ2n) is 11.3. The van der Waals surface area contributed by atoms with E-state index in [9.17, 15) is 29.1 Å². The van der Waals surface area contributed by atoms with Crippen molar-refractivity contribution in [2.24, 2.45) is 0 Å². The largest absolute Gasteiger partial charge is 0.489 e. The van der Waals surface area contributed by atoms with E-state index in [1.807, 2.05) is 30.0 Å². The van der Waals surface area contributed by atoms with Crippen molar-refractivity contribution in [3.63, 3.8) is 0 Å². The molecule has 0 amide bonds. The summed E-state index contributed by atoms with van der Waals surface area (Å²) in [5.74, 6) is -4.18. The van der Waals surface area contributed by atoms with E-state index in [1.54, 1.807) is 12.1 Å². The SMILES string of the molecule is O=C(O)/C=C/C(=O)O.O=C(O)/C=C/C(=O)O.O=C(O)c1ccc2c(c1)C(SCCN1CCN(CC=Cc3ccccc3)CC1)c1ccccc1CO2. The fourth-order valence-electron chi connectivity index (χ4n) is 5.12. The molecule has 2 aliphatic heterocycles. The number of nitrogens with zero attached hydrogens (tertiary/aromatic N) is 2. The van der Waals surface area contributed by atoms with Crippen molar-refractivity contribution < 1.29 is 54.2 Å². The fraction of sp³-hybridized carbons (Fsp3) is 0.237. The summed E-state index contributed by atoms with van der Waals surface area (Å²) >= 11 is 1.88. The van der Waals surface area contributed by atoms with Gasteiger partial charge in [-0.25, -0.2) is 24.0 Å². The number of carboxylic acids is 5. The monoisotopic (exact) mass is 732 g/mol. The second kappa shape index (κ2) is 21.5. The van der Waals surface area contributed by atoms with Crippen LogP contribution in [0.3, 0.4) is 0 Å². The molecule has 0 spiro atoms. The summed E-state index contributed by atoms with van der Waals surface area (Å²) < 4.78 is 6.08. The van der Waals surface area contributed by atoms with Crippen molar-refractivity contribution in [2.75, 3.05) is 45.0 Å². The Bertz CT molecular complexity index is 1700. The number of aromatic carboxylic acids is 1. The number of aliphatic carboxylic acids is 4. The average molecular weight is 733 g/mol. The number of piperazine rings is 1. The van der Waals surface area contributed by atoms with Crippen LogP contribution in [0.15, 0.2) is 103 Å². The number of carbonyl (C=O) groups is 5. The lowest BCUT2D eigenvalue weighted by molar-refractivity contribution is -0.134. The van der Waals surface area contributed by atoms with E-state index >= 15 is 0 Å². The summed E-state index contributed by atoms with van der Waals surface area (Å²) in [6.45, 7) is 6.81. The number of fused-ring (bicyclic) bond motifs is 2. The number of carboxylic acid groups (broad SMARTS) is 5. The van der Waals surface area contributed by atoms with Crippen LogP contribution in [-0.4, -0.2) is 110 Å². The molecular formula is C38H40N2O11S. The van der Waals surface area contributed by atoms with Gasteiger partial charge in [0, 0.05) is 74.9 Å². The molecule has 0 aliphatic carbocycles. The van der Waals surface area contributed by atoms with Crippen LogP contribution in [0.4, 0.5) is 0 Å². The topological polar surface area (TPSA) is 202 Å². The maximum atomic E-state index is 11.6. The molecule has 0 saturated carbocycles. The van der Waals surface area contributed by atoms with Gasteiger partial charge in [-0.2, -0.15) is 0 Å². The van der Waals surface area contributed by atoms with Gasteiger partial charge in [0.05, 0.1) is 10.8 Å².